The molecule has 3 aliphatic heterocycles. The summed E-state index contributed by atoms with van der Waals surface area (Å²) in [6.07, 6.45) is 4.56. The number of nitrogens with zero attached hydrogens (tertiary/aromatic N) is 2. The van der Waals surface area contributed by atoms with Gasteiger partial charge in [-0.3, -0.25) is 14.5 Å². The van der Waals surface area contributed by atoms with Crippen molar-refractivity contribution in [3.63, 3.8) is 0 Å². The number of benzene rings is 2. The normalized spacial score (nSPS) is 26.9. The van der Waals surface area contributed by atoms with Crippen molar-refractivity contribution < 1.29 is 29.3 Å². The van der Waals surface area contributed by atoms with Gasteiger partial charge in [0.25, 0.3) is 0 Å². The summed E-state index contributed by atoms with van der Waals surface area (Å²) >= 11 is 0. The smallest absolute Gasteiger partial charge is 0.303 e. The first-order valence-corrected chi connectivity index (χ1v) is 15.5. The van der Waals surface area contributed by atoms with Crippen molar-refractivity contribution >= 4 is 17.6 Å². The number of aliphatic carboxylic acids is 1. The Balaban J connectivity index is 1.32. The quantitative estimate of drug-likeness (QED) is 0.331. The molecule has 3 fully saturated rings. The van der Waals surface area contributed by atoms with Gasteiger partial charge >= 0.3 is 5.97 Å². The molecule has 42 heavy (non-hydrogen) atoms. The Morgan fingerprint density at radius 3 is 2.48 bits per heavy atom. The fourth-order valence-electron chi connectivity index (χ4n) is 6.55. The van der Waals surface area contributed by atoms with E-state index in [0.717, 1.165) is 36.3 Å². The highest BCUT2D eigenvalue weighted by molar-refractivity contribution is 5.90. The molecule has 3 heterocycles. The summed E-state index contributed by atoms with van der Waals surface area (Å²) in [7, 11) is 0. The highest BCUT2D eigenvalue weighted by atomic mass is 16.7. The molecule has 0 bridgehead atoms. The van der Waals surface area contributed by atoms with Crippen molar-refractivity contribution in [2.75, 3.05) is 38.0 Å². The van der Waals surface area contributed by atoms with Crippen molar-refractivity contribution in [3.05, 3.63) is 65.2 Å². The van der Waals surface area contributed by atoms with E-state index in [2.05, 4.69) is 22.0 Å². The zero-order valence-corrected chi connectivity index (χ0v) is 24.6. The minimum absolute atomic E-state index is 0.00208. The van der Waals surface area contributed by atoms with Crippen LogP contribution in [-0.2, 0) is 25.7 Å². The minimum atomic E-state index is -0.906. The average Bonchev–Trinajstić information content (AvgIpc) is 3.66. The SMILES string of the molecule is C[C@H]1[C@@H](CN2CCC[C@H]2CN2CCCC2)O[C@@H](c2cccc(NC(=O)CCCC(=O)O)c2)O[C@H]1c1ccc(CO)cc1. The molecule has 228 valence electrons. The number of nitrogens with one attached hydrogen (secondary N) is 1. The number of carbonyl (C=O) groups is 2. The van der Waals surface area contributed by atoms with E-state index in [4.69, 9.17) is 14.6 Å². The van der Waals surface area contributed by atoms with Gasteiger partial charge in [0.2, 0.25) is 5.91 Å². The maximum Gasteiger partial charge on any atom is 0.303 e. The second-order valence-electron chi connectivity index (χ2n) is 12.0. The molecule has 5 atom stereocenters. The third-order valence-electron chi connectivity index (χ3n) is 8.94. The number of hydrogen-bond acceptors (Lipinski definition) is 7. The maximum absolute atomic E-state index is 12.4. The first-order valence-electron chi connectivity index (χ1n) is 15.5. The van der Waals surface area contributed by atoms with E-state index in [-0.39, 0.29) is 43.5 Å². The standard InChI is InChI=1S/C33H45N3O6/c1-23-29(21-36-18-6-9-28(36)20-35-16-2-3-17-35)41-33(42-32(23)25-14-12-24(22-37)13-15-25)26-7-4-8-27(19-26)34-30(38)10-5-11-31(39)40/h4,7-8,12-15,19,23,28-29,32-33,37H,2-3,5-6,9-11,16-18,20-22H2,1H3,(H,34,38)(H,39,40)/t23-,28-,29+,32+,33+/m0/s1. The van der Waals surface area contributed by atoms with Crippen LogP contribution in [0.2, 0.25) is 0 Å². The lowest BCUT2D eigenvalue weighted by Crippen LogP contribution is -2.48. The van der Waals surface area contributed by atoms with Crippen LogP contribution in [0.25, 0.3) is 0 Å². The van der Waals surface area contributed by atoms with E-state index in [9.17, 15) is 14.7 Å². The molecule has 2 aromatic carbocycles. The van der Waals surface area contributed by atoms with Gasteiger partial charge in [-0.25, -0.2) is 0 Å². The van der Waals surface area contributed by atoms with Crippen molar-refractivity contribution in [2.45, 2.75) is 83.0 Å². The first-order chi connectivity index (χ1) is 20.4. The lowest BCUT2D eigenvalue weighted by Gasteiger charge is -2.43. The molecule has 3 N–H and O–H groups in total. The molecule has 1 amide bonds. The lowest BCUT2D eigenvalue weighted by atomic mass is 9.90. The molecule has 2 aromatic rings. The van der Waals surface area contributed by atoms with Crippen LogP contribution in [0.15, 0.2) is 48.5 Å². The third kappa shape index (κ3) is 7.96. The molecule has 3 aliphatic rings. The van der Waals surface area contributed by atoms with Gasteiger partial charge in [0.15, 0.2) is 6.29 Å². The van der Waals surface area contributed by atoms with Gasteiger partial charge in [-0.15, -0.1) is 0 Å². The molecule has 0 unspecified atom stereocenters. The largest absolute Gasteiger partial charge is 0.481 e. The van der Waals surface area contributed by atoms with Crippen molar-refractivity contribution in [3.8, 4) is 0 Å². The molecule has 9 nitrogen and oxygen atoms in total. The van der Waals surface area contributed by atoms with E-state index < -0.39 is 12.3 Å². The van der Waals surface area contributed by atoms with Crippen molar-refractivity contribution in [1.82, 2.24) is 9.80 Å². The van der Waals surface area contributed by atoms with Crippen LogP contribution in [0.4, 0.5) is 5.69 Å². The highest BCUT2D eigenvalue weighted by Gasteiger charge is 2.41. The highest BCUT2D eigenvalue weighted by Crippen LogP contribution is 2.42. The Labute approximate surface area is 248 Å². The molecule has 9 heteroatoms. The van der Waals surface area contributed by atoms with E-state index in [0.29, 0.717) is 18.2 Å². The number of rotatable bonds is 12. The molecule has 0 saturated carbocycles. The molecular formula is C33H45N3O6. The summed E-state index contributed by atoms with van der Waals surface area (Å²) in [6, 6.07) is 16.0. The van der Waals surface area contributed by atoms with Crippen molar-refractivity contribution in [2.24, 2.45) is 5.92 Å². The molecule has 0 aliphatic carbocycles. The maximum atomic E-state index is 12.4. The van der Waals surface area contributed by atoms with Gasteiger partial charge in [-0.05, 0) is 75.0 Å². The van der Waals surface area contributed by atoms with Crippen LogP contribution in [0, 0.1) is 5.92 Å². The predicted molar refractivity (Wildman–Crippen MR) is 160 cm³/mol. The molecule has 3 saturated heterocycles. The Hall–Kier alpha value is -2.82. The summed E-state index contributed by atoms with van der Waals surface area (Å²) in [5.74, 6) is -1.02. The van der Waals surface area contributed by atoms with E-state index in [1.54, 1.807) is 0 Å². The number of aliphatic hydroxyl groups is 1. The zero-order chi connectivity index (χ0) is 29.5. The Bertz CT molecular complexity index is 1180. The third-order valence-corrected chi connectivity index (χ3v) is 8.94. The average molecular weight is 580 g/mol. The molecule has 0 radical (unpaired) electrons. The van der Waals surface area contributed by atoms with Gasteiger partial charge in [-0.2, -0.15) is 0 Å². The monoisotopic (exact) mass is 579 g/mol. The number of amides is 1. The summed E-state index contributed by atoms with van der Waals surface area (Å²) in [5, 5.41) is 21.3. The Kier molecular flexibility index (Phi) is 10.6. The summed E-state index contributed by atoms with van der Waals surface area (Å²) in [6.45, 7) is 7.65. The van der Waals surface area contributed by atoms with Gasteiger partial charge in [0.1, 0.15) is 0 Å². The van der Waals surface area contributed by atoms with E-state index >= 15 is 0 Å². The number of hydrogen-bond donors (Lipinski definition) is 3. The van der Waals surface area contributed by atoms with Gasteiger partial charge in [-0.1, -0.05) is 43.3 Å². The van der Waals surface area contributed by atoms with Crippen molar-refractivity contribution in [1.29, 1.82) is 0 Å². The van der Waals surface area contributed by atoms with Crippen LogP contribution < -0.4 is 5.32 Å². The lowest BCUT2D eigenvalue weighted by molar-refractivity contribution is -0.276. The number of aliphatic hydroxyl groups excluding tert-OH is 1. The molecule has 0 spiro atoms. The Morgan fingerprint density at radius 2 is 1.74 bits per heavy atom. The number of anilines is 1. The van der Waals surface area contributed by atoms with E-state index in [1.165, 1.54) is 38.8 Å². The number of likely N-dealkylation sites (tertiary alicyclic amines) is 2. The molecular weight excluding hydrogens is 534 g/mol. The number of carboxylic acids is 1. The van der Waals surface area contributed by atoms with Crippen LogP contribution in [0.5, 0.6) is 0 Å². The van der Waals surface area contributed by atoms with Crippen LogP contribution in [0.3, 0.4) is 0 Å². The second-order valence-corrected chi connectivity index (χ2v) is 12.0. The van der Waals surface area contributed by atoms with Crippen LogP contribution in [0.1, 0.15) is 81.0 Å². The minimum Gasteiger partial charge on any atom is -0.481 e. The van der Waals surface area contributed by atoms with E-state index in [1.807, 2.05) is 48.5 Å². The zero-order valence-electron chi connectivity index (χ0n) is 24.6. The number of carbonyl (C=O) groups excluding carboxylic acids is 1. The predicted octanol–water partition coefficient (Wildman–Crippen LogP) is 4.72. The Morgan fingerprint density at radius 1 is 0.952 bits per heavy atom. The molecule has 5 rings (SSSR count). The van der Waals surface area contributed by atoms with Crippen LogP contribution in [-0.4, -0.2) is 76.8 Å². The van der Waals surface area contributed by atoms with Gasteiger partial charge < -0.3 is 29.9 Å². The fourth-order valence-corrected chi connectivity index (χ4v) is 6.55. The summed E-state index contributed by atoms with van der Waals surface area (Å²) < 4.78 is 13.4. The summed E-state index contributed by atoms with van der Waals surface area (Å²) in [5.41, 5.74) is 3.36. The van der Waals surface area contributed by atoms with Gasteiger partial charge in [0.05, 0.1) is 18.8 Å². The summed E-state index contributed by atoms with van der Waals surface area (Å²) in [4.78, 5) is 28.4. The topological polar surface area (TPSA) is 112 Å². The molecule has 0 aromatic heterocycles. The van der Waals surface area contributed by atoms with Gasteiger partial charge in [0, 0.05) is 49.1 Å². The van der Waals surface area contributed by atoms with Crippen LogP contribution >= 0.6 is 0 Å². The second kappa shape index (κ2) is 14.6. The first kappa shape index (κ1) is 30.6. The number of carboxylic acid groups (broad SMARTS) is 1. The fraction of sp³-hybridized carbons (Fsp3) is 0.576. The number of ether oxygens (including phenoxy) is 2.